The van der Waals surface area contributed by atoms with Crippen LogP contribution in [0, 0.1) is 0 Å². The number of nitrogen functional groups attached to an aromatic ring is 2. The van der Waals surface area contributed by atoms with E-state index in [0.29, 0.717) is 22.7 Å². The Hall–Kier alpha value is -4.46. The van der Waals surface area contributed by atoms with Crippen LogP contribution in [0.1, 0.15) is 0 Å². The molecule has 18 heteroatoms. The lowest BCUT2D eigenvalue weighted by Crippen LogP contribution is -2.42. The quantitative estimate of drug-likeness (QED) is 0.0295. The third kappa shape index (κ3) is 10.5. The fraction of sp³-hybridized carbons (Fsp3) is 0.188. The van der Waals surface area contributed by atoms with E-state index in [2.05, 4.69) is 21.3 Å². The van der Waals surface area contributed by atoms with Crippen molar-refractivity contribution in [3.63, 3.8) is 0 Å². The summed E-state index contributed by atoms with van der Waals surface area (Å²) in [5, 5.41) is 31.0. The van der Waals surface area contributed by atoms with Gasteiger partial charge in [0, 0.05) is 34.3 Å². The molecule has 0 amide bonds. The summed E-state index contributed by atoms with van der Waals surface area (Å²) in [5.74, 6) is -1.91. The zero-order valence-electron chi connectivity index (χ0n) is 26.4. The zero-order chi connectivity index (χ0) is 36.3. The first-order valence-electron chi connectivity index (χ1n) is 14.8. The van der Waals surface area contributed by atoms with Crippen LogP contribution in [-0.2, 0) is 29.3 Å². The van der Waals surface area contributed by atoms with Gasteiger partial charge in [-0.2, -0.15) is 0 Å². The van der Waals surface area contributed by atoms with Crippen molar-refractivity contribution in [1.29, 1.82) is 0 Å². The zero-order valence-corrected chi connectivity index (χ0v) is 29.6. The number of anilines is 4. The number of benzene rings is 4. The number of aliphatic carboxylic acids is 2. The highest BCUT2D eigenvalue weighted by Gasteiger charge is 2.21. The highest BCUT2D eigenvalue weighted by atomic mass is 33.1. The second kappa shape index (κ2) is 17.5. The molecule has 0 heterocycles. The van der Waals surface area contributed by atoms with Gasteiger partial charge in [0.15, 0.2) is 0 Å². The van der Waals surface area contributed by atoms with Crippen molar-refractivity contribution in [1.82, 2.24) is 10.6 Å². The molecule has 2 unspecified atom stereocenters. The Kier molecular flexibility index (Phi) is 13.4. The van der Waals surface area contributed by atoms with Gasteiger partial charge in [-0.1, -0.05) is 21.6 Å². The second-order valence-electron chi connectivity index (χ2n) is 10.7. The van der Waals surface area contributed by atoms with E-state index in [-0.39, 0.29) is 44.4 Å². The van der Waals surface area contributed by atoms with Crippen molar-refractivity contribution < 1.29 is 36.6 Å². The molecule has 10 N–H and O–H groups in total. The molecule has 0 radical (unpaired) electrons. The summed E-state index contributed by atoms with van der Waals surface area (Å²) in [5.41, 5.74) is 13.3. The van der Waals surface area contributed by atoms with Crippen LogP contribution in [0.25, 0.3) is 0 Å². The third-order valence-corrected chi connectivity index (χ3v) is 13.1. The first-order valence-corrected chi connectivity index (χ1v) is 20.3. The number of hydrogen-bond donors (Lipinski definition) is 8. The van der Waals surface area contributed by atoms with Gasteiger partial charge in [-0.25, -0.2) is 16.8 Å². The Balaban J connectivity index is 1.18. The molecule has 4 aromatic rings. The average Bonchev–Trinajstić information content (AvgIpc) is 3.09. The first-order chi connectivity index (χ1) is 23.8. The fourth-order valence-corrected chi connectivity index (χ4v) is 9.19. The minimum Gasteiger partial charge on any atom is -0.480 e. The Labute approximate surface area is 297 Å². The van der Waals surface area contributed by atoms with E-state index in [1.54, 1.807) is 24.3 Å². The van der Waals surface area contributed by atoms with Crippen molar-refractivity contribution in [2.75, 3.05) is 46.9 Å². The molecule has 0 aromatic heterocycles. The van der Waals surface area contributed by atoms with Crippen molar-refractivity contribution in [2.24, 2.45) is 0 Å². The van der Waals surface area contributed by atoms with E-state index in [9.17, 15) is 36.6 Å². The molecule has 0 saturated carbocycles. The van der Waals surface area contributed by atoms with Crippen LogP contribution in [0.3, 0.4) is 0 Å². The standard InChI is InChI=1S/C32H36N6O8S4/c33-21-1-9-25(10-2-21)49(43,44)27-13-5-23(6-14-27)35-19-37-29(31(39)40)17-47-48-18-30(32(41)42)38-20-36-24-7-15-28(16-8-24)50(45,46)26-11-3-22(34)4-12-26/h1-16,29-30,35-38H,17-20,33-34H2,(H,39,40)(H,41,42). The predicted molar refractivity (Wildman–Crippen MR) is 197 cm³/mol. The summed E-state index contributed by atoms with van der Waals surface area (Å²) in [6.07, 6.45) is 0. The Morgan fingerprint density at radius 2 is 0.820 bits per heavy atom. The lowest BCUT2D eigenvalue weighted by atomic mass is 10.3. The van der Waals surface area contributed by atoms with E-state index < -0.39 is 43.7 Å². The number of carboxylic acids is 2. The van der Waals surface area contributed by atoms with Crippen LogP contribution < -0.4 is 32.7 Å². The summed E-state index contributed by atoms with van der Waals surface area (Å²) in [7, 11) is -5.04. The smallest absolute Gasteiger partial charge is 0.321 e. The van der Waals surface area contributed by atoms with Crippen LogP contribution >= 0.6 is 21.6 Å². The molecule has 0 aliphatic carbocycles. The van der Waals surface area contributed by atoms with E-state index in [4.69, 9.17) is 11.5 Å². The number of carbonyl (C=O) groups is 2. The molecule has 0 fully saturated rings. The van der Waals surface area contributed by atoms with Gasteiger partial charge < -0.3 is 32.3 Å². The maximum atomic E-state index is 12.8. The van der Waals surface area contributed by atoms with E-state index in [1.165, 1.54) is 94.4 Å². The van der Waals surface area contributed by atoms with Gasteiger partial charge in [-0.05, 0) is 97.1 Å². The van der Waals surface area contributed by atoms with Crippen molar-refractivity contribution >= 4 is 76.0 Å². The third-order valence-electron chi connectivity index (χ3n) is 7.14. The molecule has 4 aromatic carbocycles. The SMILES string of the molecule is Nc1ccc(S(=O)(=O)c2ccc(NCNC(CSSCC(NCNc3ccc(S(=O)(=O)c4ccc(N)cc4)cc3)C(=O)O)C(=O)O)cc2)cc1. The largest absolute Gasteiger partial charge is 0.480 e. The van der Waals surface area contributed by atoms with Gasteiger partial charge in [0.25, 0.3) is 0 Å². The van der Waals surface area contributed by atoms with Gasteiger partial charge >= 0.3 is 11.9 Å². The summed E-state index contributed by atoms with van der Waals surface area (Å²) >= 11 is 0. The van der Waals surface area contributed by atoms with Crippen molar-refractivity contribution in [2.45, 2.75) is 31.7 Å². The first kappa shape index (κ1) is 38.3. The lowest BCUT2D eigenvalue weighted by molar-refractivity contribution is -0.139. The van der Waals surface area contributed by atoms with Crippen LogP contribution in [0.2, 0.25) is 0 Å². The molecule has 0 aliphatic heterocycles. The number of nitrogens with two attached hydrogens (primary N) is 2. The van der Waals surface area contributed by atoms with Gasteiger partial charge in [-0.3, -0.25) is 20.2 Å². The van der Waals surface area contributed by atoms with Crippen LogP contribution in [0.5, 0.6) is 0 Å². The average molecular weight is 761 g/mol. The summed E-state index contributed by atoms with van der Waals surface area (Å²) < 4.78 is 51.3. The van der Waals surface area contributed by atoms with E-state index in [0.717, 1.165) is 0 Å². The van der Waals surface area contributed by atoms with E-state index >= 15 is 0 Å². The molecule has 50 heavy (non-hydrogen) atoms. The van der Waals surface area contributed by atoms with Crippen LogP contribution in [0.4, 0.5) is 22.7 Å². The molecule has 14 nitrogen and oxygen atoms in total. The molecule has 0 saturated heterocycles. The van der Waals surface area contributed by atoms with Gasteiger partial charge in [0.1, 0.15) is 12.1 Å². The lowest BCUT2D eigenvalue weighted by Gasteiger charge is -2.17. The summed E-state index contributed by atoms with van der Waals surface area (Å²) in [4.78, 5) is 24.0. The minimum absolute atomic E-state index is 0.0749. The Bertz CT molecular complexity index is 1820. The fourth-order valence-electron chi connectivity index (χ4n) is 4.29. The second-order valence-corrected chi connectivity index (χ2v) is 17.1. The van der Waals surface area contributed by atoms with E-state index in [1.807, 2.05) is 0 Å². The molecule has 2 atom stereocenters. The molecule has 0 aliphatic rings. The molecule has 0 bridgehead atoms. The van der Waals surface area contributed by atoms with Gasteiger partial charge in [-0.15, -0.1) is 0 Å². The molecule has 266 valence electrons. The summed E-state index contributed by atoms with van der Waals surface area (Å²) in [6, 6.07) is 22.0. The number of hydrogen-bond acceptors (Lipinski definition) is 14. The normalized spacial score (nSPS) is 12.9. The van der Waals surface area contributed by atoms with Crippen molar-refractivity contribution in [3.05, 3.63) is 97.1 Å². The number of nitrogens with one attached hydrogen (secondary N) is 4. The molecule has 4 rings (SSSR count). The topological polar surface area (TPSA) is 243 Å². The number of rotatable bonds is 19. The van der Waals surface area contributed by atoms with Crippen LogP contribution in [0.15, 0.2) is 117 Å². The monoisotopic (exact) mass is 760 g/mol. The number of carboxylic acid groups (broad SMARTS) is 2. The Morgan fingerprint density at radius 1 is 0.540 bits per heavy atom. The maximum absolute atomic E-state index is 12.8. The van der Waals surface area contributed by atoms with Gasteiger partial charge in [0.05, 0.1) is 32.9 Å². The van der Waals surface area contributed by atoms with Crippen LogP contribution in [-0.4, -0.2) is 75.9 Å². The number of sulfone groups is 2. The maximum Gasteiger partial charge on any atom is 0.321 e. The van der Waals surface area contributed by atoms with Gasteiger partial charge in [0.2, 0.25) is 19.7 Å². The summed E-state index contributed by atoms with van der Waals surface area (Å²) in [6.45, 7) is 0.150. The predicted octanol–water partition coefficient (Wildman–Crippen LogP) is 3.42. The van der Waals surface area contributed by atoms with Crippen molar-refractivity contribution in [3.8, 4) is 0 Å². The molecular weight excluding hydrogens is 725 g/mol. The highest BCUT2D eigenvalue weighted by molar-refractivity contribution is 8.76. The minimum atomic E-state index is -3.72. The highest BCUT2D eigenvalue weighted by Crippen LogP contribution is 2.25. The molecular formula is C32H36N6O8S4. The Morgan fingerprint density at radius 3 is 1.10 bits per heavy atom. The molecule has 0 spiro atoms.